The van der Waals surface area contributed by atoms with E-state index in [0.717, 1.165) is 12.8 Å². The summed E-state index contributed by atoms with van der Waals surface area (Å²) in [6.07, 6.45) is 3.29. The molecule has 0 aliphatic heterocycles. The van der Waals surface area contributed by atoms with E-state index in [2.05, 4.69) is 12.2 Å². The maximum Gasteiger partial charge on any atom is 0.311 e. The first-order chi connectivity index (χ1) is 8.65. The first-order valence-electron chi connectivity index (χ1n) is 6.94. The number of amides is 1. The highest BCUT2D eigenvalue weighted by Crippen LogP contribution is 2.38. The van der Waals surface area contributed by atoms with Gasteiger partial charge in [-0.05, 0) is 45.4 Å². The van der Waals surface area contributed by atoms with Crippen LogP contribution in [0.5, 0.6) is 0 Å². The standard InChI is InChI=1S/C14H26N2O3/c1-10-4-6-14(7-5-10,12(18)19)9-16-11(17)8-13(2,3)15/h10H,4-9,15H2,1-3H3,(H,16,17)(H,18,19). The summed E-state index contributed by atoms with van der Waals surface area (Å²) < 4.78 is 0. The van der Waals surface area contributed by atoms with E-state index in [9.17, 15) is 14.7 Å². The van der Waals surface area contributed by atoms with Crippen LogP contribution in [-0.2, 0) is 9.59 Å². The van der Waals surface area contributed by atoms with Crippen LogP contribution in [0.1, 0.15) is 52.9 Å². The minimum absolute atomic E-state index is 0.174. The third-order valence-corrected chi connectivity index (χ3v) is 3.93. The quantitative estimate of drug-likeness (QED) is 0.706. The minimum atomic E-state index is -0.799. The van der Waals surface area contributed by atoms with Gasteiger partial charge in [0.15, 0.2) is 0 Å². The highest BCUT2D eigenvalue weighted by molar-refractivity contribution is 5.79. The first-order valence-corrected chi connectivity index (χ1v) is 6.94. The second kappa shape index (κ2) is 5.90. The number of nitrogens with two attached hydrogens (primary N) is 1. The van der Waals surface area contributed by atoms with Crippen molar-refractivity contribution in [3.8, 4) is 0 Å². The van der Waals surface area contributed by atoms with Gasteiger partial charge < -0.3 is 16.2 Å². The molecular weight excluding hydrogens is 244 g/mol. The fraction of sp³-hybridized carbons (Fsp3) is 0.857. The number of carbonyl (C=O) groups excluding carboxylic acids is 1. The zero-order valence-electron chi connectivity index (χ0n) is 12.2. The van der Waals surface area contributed by atoms with E-state index in [4.69, 9.17) is 5.73 Å². The summed E-state index contributed by atoms with van der Waals surface area (Å²) in [5.41, 5.74) is 4.42. The van der Waals surface area contributed by atoms with E-state index < -0.39 is 16.9 Å². The fourth-order valence-corrected chi connectivity index (χ4v) is 2.53. The molecule has 1 rings (SSSR count). The average Bonchev–Trinajstić information content (AvgIpc) is 2.26. The summed E-state index contributed by atoms with van der Waals surface area (Å²) in [6.45, 7) is 5.91. The van der Waals surface area contributed by atoms with Gasteiger partial charge in [-0.15, -0.1) is 0 Å². The number of carbonyl (C=O) groups is 2. The van der Waals surface area contributed by atoms with Gasteiger partial charge in [0, 0.05) is 18.5 Å². The van der Waals surface area contributed by atoms with Crippen molar-refractivity contribution in [2.75, 3.05) is 6.54 Å². The molecule has 1 fully saturated rings. The Bertz CT molecular complexity index is 339. The average molecular weight is 270 g/mol. The number of hydrogen-bond donors (Lipinski definition) is 3. The summed E-state index contributed by atoms with van der Waals surface area (Å²) in [7, 11) is 0. The molecule has 0 atom stereocenters. The highest BCUT2D eigenvalue weighted by atomic mass is 16.4. The molecule has 110 valence electrons. The first kappa shape index (κ1) is 16.0. The summed E-state index contributed by atoms with van der Waals surface area (Å²) in [5, 5.41) is 12.2. The molecule has 0 spiro atoms. The Morgan fingerprint density at radius 2 is 1.89 bits per heavy atom. The highest BCUT2D eigenvalue weighted by Gasteiger charge is 2.41. The molecule has 0 heterocycles. The number of carboxylic acids is 1. The summed E-state index contributed by atoms with van der Waals surface area (Å²) in [4.78, 5) is 23.3. The SMILES string of the molecule is CC1CCC(CNC(=O)CC(C)(C)N)(C(=O)O)CC1. The van der Waals surface area contributed by atoms with Crippen molar-refractivity contribution in [2.24, 2.45) is 17.1 Å². The molecule has 0 aromatic carbocycles. The molecule has 1 amide bonds. The second-order valence-corrected chi connectivity index (χ2v) is 6.71. The van der Waals surface area contributed by atoms with Gasteiger partial charge in [0.25, 0.3) is 0 Å². The van der Waals surface area contributed by atoms with E-state index in [1.165, 1.54) is 0 Å². The molecule has 0 radical (unpaired) electrons. The van der Waals surface area contributed by atoms with Crippen LogP contribution in [0.15, 0.2) is 0 Å². The summed E-state index contributed by atoms with van der Waals surface area (Å²) >= 11 is 0. The summed E-state index contributed by atoms with van der Waals surface area (Å²) in [6, 6.07) is 0. The molecule has 0 aromatic heterocycles. The fourth-order valence-electron chi connectivity index (χ4n) is 2.53. The minimum Gasteiger partial charge on any atom is -0.481 e. The lowest BCUT2D eigenvalue weighted by atomic mass is 9.70. The summed E-state index contributed by atoms with van der Waals surface area (Å²) in [5.74, 6) is -0.399. The van der Waals surface area contributed by atoms with Crippen LogP contribution < -0.4 is 11.1 Å². The largest absolute Gasteiger partial charge is 0.481 e. The van der Waals surface area contributed by atoms with Crippen LogP contribution in [-0.4, -0.2) is 29.1 Å². The Labute approximate surface area is 114 Å². The monoisotopic (exact) mass is 270 g/mol. The number of nitrogens with one attached hydrogen (secondary N) is 1. The molecule has 5 nitrogen and oxygen atoms in total. The lowest BCUT2D eigenvalue weighted by Gasteiger charge is -2.36. The third kappa shape index (κ3) is 4.82. The smallest absolute Gasteiger partial charge is 0.311 e. The van der Waals surface area contributed by atoms with Crippen LogP contribution in [0.3, 0.4) is 0 Å². The molecule has 5 heteroatoms. The molecule has 0 unspecified atom stereocenters. The Morgan fingerprint density at radius 3 is 2.32 bits per heavy atom. The Kier molecular flexibility index (Phi) is 4.96. The van der Waals surface area contributed by atoms with Gasteiger partial charge in [-0.3, -0.25) is 9.59 Å². The van der Waals surface area contributed by atoms with Gasteiger partial charge in [-0.1, -0.05) is 6.92 Å². The molecule has 0 saturated heterocycles. The Balaban J connectivity index is 2.56. The number of aliphatic carboxylic acids is 1. The zero-order valence-corrected chi connectivity index (χ0v) is 12.2. The molecule has 1 saturated carbocycles. The third-order valence-electron chi connectivity index (χ3n) is 3.93. The molecule has 19 heavy (non-hydrogen) atoms. The molecule has 1 aliphatic rings. The van der Waals surface area contributed by atoms with E-state index >= 15 is 0 Å². The van der Waals surface area contributed by atoms with Gasteiger partial charge in [-0.2, -0.15) is 0 Å². The van der Waals surface area contributed by atoms with Gasteiger partial charge >= 0.3 is 5.97 Å². The lowest BCUT2D eigenvalue weighted by molar-refractivity contribution is -0.151. The number of carboxylic acid groups (broad SMARTS) is 1. The van der Waals surface area contributed by atoms with Crippen molar-refractivity contribution in [1.82, 2.24) is 5.32 Å². The predicted molar refractivity (Wildman–Crippen MR) is 73.6 cm³/mol. The van der Waals surface area contributed by atoms with Crippen molar-refractivity contribution in [2.45, 2.75) is 58.4 Å². The van der Waals surface area contributed by atoms with Crippen LogP contribution in [0.4, 0.5) is 0 Å². The molecule has 1 aliphatic carbocycles. The van der Waals surface area contributed by atoms with Crippen molar-refractivity contribution in [3.05, 3.63) is 0 Å². The second-order valence-electron chi connectivity index (χ2n) is 6.71. The molecule has 0 bridgehead atoms. The van der Waals surface area contributed by atoms with Crippen molar-refractivity contribution >= 4 is 11.9 Å². The Hall–Kier alpha value is -1.10. The van der Waals surface area contributed by atoms with E-state index in [1.54, 1.807) is 13.8 Å². The van der Waals surface area contributed by atoms with E-state index in [1.807, 2.05) is 0 Å². The number of hydrogen-bond acceptors (Lipinski definition) is 3. The molecule has 4 N–H and O–H groups in total. The van der Waals surface area contributed by atoms with Crippen LogP contribution in [0.2, 0.25) is 0 Å². The van der Waals surface area contributed by atoms with Crippen LogP contribution in [0.25, 0.3) is 0 Å². The van der Waals surface area contributed by atoms with Crippen LogP contribution >= 0.6 is 0 Å². The maximum atomic E-state index is 11.7. The van der Waals surface area contributed by atoms with E-state index in [0.29, 0.717) is 18.8 Å². The van der Waals surface area contributed by atoms with Gasteiger partial charge in [0.05, 0.1) is 5.41 Å². The van der Waals surface area contributed by atoms with Crippen molar-refractivity contribution < 1.29 is 14.7 Å². The van der Waals surface area contributed by atoms with E-state index in [-0.39, 0.29) is 18.9 Å². The van der Waals surface area contributed by atoms with Crippen molar-refractivity contribution in [3.63, 3.8) is 0 Å². The maximum absolute atomic E-state index is 11.7. The van der Waals surface area contributed by atoms with Gasteiger partial charge in [-0.25, -0.2) is 0 Å². The Morgan fingerprint density at radius 1 is 1.37 bits per heavy atom. The lowest BCUT2D eigenvalue weighted by Crippen LogP contribution is -2.47. The van der Waals surface area contributed by atoms with Crippen molar-refractivity contribution in [1.29, 1.82) is 0 Å². The molecular formula is C14H26N2O3. The normalized spacial score (nSPS) is 27.9. The predicted octanol–water partition coefficient (Wildman–Crippen LogP) is 1.51. The van der Waals surface area contributed by atoms with Crippen LogP contribution in [0, 0.1) is 11.3 Å². The van der Waals surface area contributed by atoms with Gasteiger partial charge in [0.1, 0.15) is 0 Å². The molecule has 0 aromatic rings. The zero-order chi connectivity index (χ0) is 14.7. The number of rotatable bonds is 5. The van der Waals surface area contributed by atoms with Gasteiger partial charge in [0.2, 0.25) is 5.91 Å². The topological polar surface area (TPSA) is 92.4 Å².